The summed E-state index contributed by atoms with van der Waals surface area (Å²) in [5.74, 6) is 1.81. The van der Waals surface area contributed by atoms with Gasteiger partial charge in [-0.15, -0.1) is 0 Å². The van der Waals surface area contributed by atoms with Gasteiger partial charge in [0.05, 0.1) is 0 Å². The second kappa shape index (κ2) is 5.74. The Morgan fingerprint density at radius 2 is 1.86 bits per heavy atom. The standard InChI is InChI=1S/C18H15ClO2/c1-12(20)10-14-11-18(13-6-8-15(19)9-7-13)21-17-5-3-2-4-16(14)17/h2-9,11,14H,10H2,1H3. The van der Waals surface area contributed by atoms with Gasteiger partial charge in [-0.3, -0.25) is 4.79 Å². The maximum absolute atomic E-state index is 11.5. The van der Waals surface area contributed by atoms with Crippen LogP contribution in [0.15, 0.2) is 54.6 Å². The van der Waals surface area contributed by atoms with Gasteiger partial charge in [-0.2, -0.15) is 0 Å². The lowest BCUT2D eigenvalue weighted by atomic mass is 9.90. The highest BCUT2D eigenvalue weighted by molar-refractivity contribution is 6.30. The molecule has 0 fully saturated rings. The highest BCUT2D eigenvalue weighted by atomic mass is 35.5. The third-order valence-corrected chi connectivity index (χ3v) is 3.78. The van der Waals surface area contributed by atoms with Crippen LogP contribution in [-0.4, -0.2) is 5.78 Å². The lowest BCUT2D eigenvalue weighted by Gasteiger charge is -2.24. The molecule has 0 amide bonds. The summed E-state index contributed by atoms with van der Waals surface area (Å²) in [4.78, 5) is 11.5. The van der Waals surface area contributed by atoms with E-state index in [1.165, 1.54) is 0 Å². The SMILES string of the molecule is CC(=O)CC1C=C(c2ccc(Cl)cc2)Oc2ccccc21. The lowest BCUT2D eigenvalue weighted by molar-refractivity contribution is -0.117. The number of allylic oxidation sites excluding steroid dienone is 1. The third kappa shape index (κ3) is 3.01. The van der Waals surface area contributed by atoms with E-state index in [1.807, 2.05) is 54.6 Å². The number of fused-ring (bicyclic) bond motifs is 1. The number of ketones is 1. The Hall–Kier alpha value is -2.06. The van der Waals surface area contributed by atoms with Gasteiger partial charge in [-0.1, -0.05) is 29.8 Å². The molecule has 0 N–H and O–H groups in total. The molecule has 0 radical (unpaired) electrons. The zero-order chi connectivity index (χ0) is 14.8. The molecular formula is C18H15ClO2. The summed E-state index contributed by atoms with van der Waals surface area (Å²) in [5.41, 5.74) is 2.02. The fourth-order valence-corrected chi connectivity index (χ4v) is 2.68. The van der Waals surface area contributed by atoms with Crippen LogP contribution >= 0.6 is 11.6 Å². The van der Waals surface area contributed by atoms with Crippen molar-refractivity contribution in [2.45, 2.75) is 19.3 Å². The van der Waals surface area contributed by atoms with E-state index in [4.69, 9.17) is 16.3 Å². The van der Waals surface area contributed by atoms with Gasteiger partial charge in [0, 0.05) is 28.5 Å². The van der Waals surface area contributed by atoms with Gasteiger partial charge in [0.25, 0.3) is 0 Å². The van der Waals surface area contributed by atoms with E-state index in [1.54, 1.807) is 6.92 Å². The first-order chi connectivity index (χ1) is 10.1. The van der Waals surface area contributed by atoms with Gasteiger partial charge in [0.1, 0.15) is 17.3 Å². The molecule has 1 aliphatic rings. The van der Waals surface area contributed by atoms with Crippen LogP contribution in [-0.2, 0) is 4.79 Å². The maximum Gasteiger partial charge on any atom is 0.131 e. The second-order valence-electron chi connectivity index (χ2n) is 5.19. The molecule has 3 heteroatoms. The number of hydrogen-bond acceptors (Lipinski definition) is 2. The minimum Gasteiger partial charge on any atom is -0.457 e. The third-order valence-electron chi connectivity index (χ3n) is 3.53. The van der Waals surface area contributed by atoms with Crippen LogP contribution in [0, 0.1) is 0 Å². The Labute approximate surface area is 129 Å². The normalized spacial score (nSPS) is 16.7. The number of halogens is 1. The number of hydrogen-bond donors (Lipinski definition) is 0. The molecule has 0 aliphatic carbocycles. The lowest BCUT2D eigenvalue weighted by Crippen LogP contribution is -2.11. The highest BCUT2D eigenvalue weighted by Crippen LogP contribution is 2.39. The molecule has 2 aromatic carbocycles. The molecule has 2 aromatic rings. The molecule has 0 saturated carbocycles. The van der Waals surface area contributed by atoms with Crippen LogP contribution in [0.4, 0.5) is 0 Å². The molecule has 106 valence electrons. The van der Waals surface area contributed by atoms with Crippen molar-refractivity contribution in [2.75, 3.05) is 0 Å². The van der Waals surface area contributed by atoms with Crippen LogP contribution in [0.2, 0.25) is 5.02 Å². The van der Waals surface area contributed by atoms with Crippen LogP contribution in [0.25, 0.3) is 5.76 Å². The Bertz CT molecular complexity index is 701. The van der Waals surface area contributed by atoms with Crippen molar-refractivity contribution < 1.29 is 9.53 Å². The number of Topliss-reactive ketones (excluding diaryl/α,β-unsaturated/α-hetero) is 1. The summed E-state index contributed by atoms with van der Waals surface area (Å²) < 4.78 is 5.98. The monoisotopic (exact) mass is 298 g/mol. The van der Waals surface area contributed by atoms with Gasteiger partial charge < -0.3 is 4.74 Å². The minimum absolute atomic E-state index is 0.0538. The highest BCUT2D eigenvalue weighted by Gasteiger charge is 2.23. The Kier molecular flexibility index (Phi) is 3.80. The van der Waals surface area contributed by atoms with Gasteiger partial charge in [-0.05, 0) is 43.3 Å². The number of ether oxygens (including phenoxy) is 1. The summed E-state index contributed by atoms with van der Waals surface area (Å²) in [7, 11) is 0. The van der Waals surface area contributed by atoms with Crippen molar-refractivity contribution in [3.05, 3.63) is 70.8 Å². The first-order valence-electron chi connectivity index (χ1n) is 6.87. The molecule has 0 saturated heterocycles. The predicted octanol–water partition coefficient (Wildman–Crippen LogP) is 4.84. The van der Waals surface area contributed by atoms with E-state index in [0.29, 0.717) is 11.4 Å². The number of rotatable bonds is 3. The van der Waals surface area contributed by atoms with Crippen LogP contribution in [0.3, 0.4) is 0 Å². The molecule has 21 heavy (non-hydrogen) atoms. The van der Waals surface area contributed by atoms with Gasteiger partial charge in [-0.25, -0.2) is 0 Å². The molecule has 0 aromatic heterocycles. The van der Waals surface area contributed by atoms with E-state index >= 15 is 0 Å². The van der Waals surface area contributed by atoms with E-state index in [-0.39, 0.29) is 11.7 Å². The zero-order valence-corrected chi connectivity index (χ0v) is 12.4. The first-order valence-corrected chi connectivity index (χ1v) is 7.25. The fraction of sp³-hybridized carbons (Fsp3) is 0.167. The van der Waals surface area contributed by atoms with Gasteiger partial charge in [0.2, 0.25) is 0 Å². The average molecular weight is 299 g/mol. The number of carbonyl (C=O) groups excluding carboxylic acids is 1. The molecule has 1 heterocycles. The van der Waals surface area contributed by atoms with Crippen molar-refractivity contribution in [1.29, 1.82) is 0 Å². The molecule has 1 atom stereocenters. The summed E-state index contributed by atoms with van der Waals surface area (Å²) in [6.45, 7) is 1.62. The van der Waals surface area contributed by atoms with Crippen molar-refractivity contribution in [2.24, 2.45) is 0 Å². The maximum atomic E-state index is 11.5. The summed E-state index contributed by atoms with van der Waals surface area (Å²) in [5, 5.41) is 0.691. The average Bonchev–Trinajstić information content (AvgIpc) is 2.47. The van der Waals surface area contributed by atoms with Crippen molar-refractivity contribution in [1.82, 2.24) is 0 Å². The van der Waals surface area contributed by atoms with E-state index < -0.39 is 0 Å². The first kappa shape index (κ1) is 13.9. The fourth-order valence-electron chi connectivity index (χ4n) is 2.55. The van der Waals surface area contributed by atoms with Crippen LogP contribution in [0.5, 0.6) is 5.75 Å². The Morgan fingerprint density at radius 3 is 2.57 bits per heavy atom. The van der Waals surface area contributed by atoms with Crippen molar-refractivity contribution in [3.63, 3.8) is 0 Å². The van der Waals surface area contributed by atoms with E-state index in [0.717, 1.165) is 22.6 Å². The molecule has 3 rings (SSSR count). The summed E-state index contributed by atoms with van der Waals surface area (Å²) in [6, 6.07) is 15.4. The smallest absolute Gasteiger partial charge is 0.131 e. The number of para-hydroxylation sites is 1. The van der Waals surface area contributed by atoms with Gasteiger partial charge in [0.15, 0.2) is 0 Å². The molecular weight excluding hydrogens is 284 g/mol. The Morgan fingerprint density at radius 1 is 1.14 bits per heavy atom. The zero-order valence-electron chi connectivity index (χ0n) is 11.7. The summed E-state index contributed by atoms with van der Waals surface area (Å²) in [6.07, 6.45) is 2.50. The topological polar surface area (TPSA) is 26.3 Å². The molecule has 0 spiro atoms. The predicted molar refractivity (Wildman–Crippen MR) is 84.5 cm³/mol. The van der Waals surface area contributed by atoms with Crippen LogP contribution < -0.4 is 4.74 Å². The van der Waals surface area contributed by atoms with E-state index in [2.05, 4.69) is 0 Å². The Balaban J connectivity index is 2.01. The van der Waals surface area contributed by atoms with Gasteiger partial charge >= 0.3 is 0 Å². The second-order valence-corrected chi connectivity index (χ2v) is 5.63. The van der Waals surface area contributed by atoms with Crippen molar-refractivity contribution >= 4 is 23.1 Å². The number of benzene rings is 2. The quantitative estimate of drug-likeness (QED) is 0.811. The molecule has 1 aliphatic heterocycles. The minimum atomic E-state index is 0.0538. The van der Waals surface area contributed by atoms with Crippen molar-refractivity contribution in [3.8, 4) is 5.75 Å². The number of carbonyl (C=O) groups is 1. The van der Waals surface area contributed by atoms with Crippen LogP contribution in [0.1, 0.15) is 30.4 Å². The van der Waals surface area contributed by atoms with E-state index in [9.17, 15) is 4.79 Å². The molecule has 0 bridgehead atoms. The largest absolute Gasteiger partial charge is 0.457 e. The molecule has 1 unspecified atom stereocenters. The summed E-state index contributed by atoms with van der Waals surface area (Å²) >= 11 is 5.92. The molecule has 2 nitrogen and oxygen atoms in total.